The van der Waals surface area contributed by atoms with Gasteiger partial charge in [0.2, 0.25) is 0 Å². The van der Waals surface area contributed by atoms with E-state index in [1.165, 1.54) is 0 Å². The maximum Gasteiger partial charge on any atom is -0.0241 e. The van der Waals surface area contributed by atoms with Crippen molar-refractivity contribution in [2.45, 2.75) is 249 Å². The predicted molar refractivity (Wildman–Crippen MR) is 246 cm³/mol. The van der Waals surface area contributed by atoms with Gasteiger partial charge in [0.25, 0.3) is 0 Å². The Balaban J connectivity index is 7.78. The Morgan fingerprint density at radius 2 is 0.151 bits per heavy atom. The fourth-order valence-corrected chi connectivity index (χ4v) is 12.0. The van der Waals surface area contributed by atoms with E-state index in [0.717, 1.165) is 0 Å². The van der Waals surface area contributed by atoms with Crippen LogP contribution in [-0.2, 0) is 0 Å². The molecule has 0 aliphatic heterocycles. The van der Waals surface area contributed by atoms with Gasteiger partial charge in [0.05, 0.1) is 0 Å². The lowest BCUT2D eigenvalue weighted by Crippen LogP contribution is -2.68. The standard InChI is InChI=1S/C53H108/c1-37(2,3)39(7,8)41(11,12)43(15,16)45(19,20)47(23,24)49(27,28)51(31,32)53(35,36)52(33,34)50(29,30)48(25,26)46(21,22)44(17,18)42(13,14)40(9,10)38(4,5)6/h1-36H3. The van der Waals surface area contributed by atoms with E-state index < -0.39 is 0 Å². The van der Waals surface area contributed by atoms with E-state index in [-0.39, 0.29) is 92.1 Å². The Bertz CT molecular complexity index is 1180. The van der Waals surface area contributed by atoms with Gasteiger partial charge in [-0.15, -0.1) is 0 Å². The molecular formula is C53H108. The van der Waals surface area contributed by atoms with Gasteiger partial charge in [-0.2, -0.15) is 0 Å². The molecular weight excluding hydrogens is 637 g/mol. The first-order valence-electron chi connectivity index (χ1n) is 22.0. The van der Waals surface area contributed by atoms with Crippen LogP contribution in [-0.4, -0.2) is 0 Å². The maximum atomic E-state index is 2.64. The third kappa shape index (κ3) is 6.27. The summed E-state index contributed by atoms with van der Waals surface area (Å²) in [5, 5.41) is 0. The molecule has 0 bridgehead atoms. The Hall–Kier alpha value is 0. The van der Waals surface area contributed by atoms with Crippen LogP contribution < -0.4 is 0 Å². The fraction of sp³-hybridized carbons (Fsp3) is 1.00. The van der Waals surface area contributed by atoms with Crippen LogP contribution in [0.2, 0.25) is 0 Å². The van der Waals surface area contributed by atoms with Gasteiger partial charge in [-0.25, -0.2) is 0 Å². The maximum absolute atomic E-state index is 2.64. The van der Waals surface area contributed by atoms with Gasteiger partial charge < -0.3 is 0 Å². The largest absolute Gasteiger partial charge is 0.0596 e. The molecule has 0 nitrogen and oxygen atoms in total. The van der Waals surface area contributed by atoms with Crippen LogP contribution in [0.15, 0.2) is 0 Å². The molecule has 0 spiro atoms. The highest BCUT2D eigenvalue weighted by atomic mass is 14.8. The molecule has 0 unspecified atom stereocenters. The Labute approximate surface area is 340 Å². The lowest BCUT2D eigenvalue weighted by atomic mass is 9.30. The molecule has 53 heavy (non-hydrogen) atoms. The van der Waals surface area contributed by atoms with Crippen molar-refractivity contribution in [3.63, 3.8) is 0 Å². The summed E-state index contributed by atoms with van der Waals surface area (Å²) < 4.78 is 0. The van der Waals surface area contributed by atoms with Crippen molar-refractivity contribution in [2.75, 3.05) is 0 Å². The number of hydrogen-bond donors (Lipinski definition) is 0. The van der Waals surface area contributed by atoms with Crippen molar-refractivity contribution in [1.82, 2.24) is 0 Å². The summed E-state index contributed by atoms with van der Waals surface area (Å²) in [6.07, 6.45) is 0. The molecule has 0 heterocycles. The van der Waals surface area contributed by atoms with Crippen molar-refractivity contribution < 1.29 is 0 Å². The molecule has 0 saturated heterocycles. The Morgan fingerprint density at radius 1 is 0.0943 bits per heavy atom. The predicted octanol–water partition coefficient (Wildman–Crippen LogP) is 18.5. The molecule has 0 atom stereocenters. The first-order chi connectivity index (χ1) is 22.0. The molecule has 0 aromatic heterocycles. The molecule has 320 valence electrons. The van der Waals surface area contributed by atoms with Crippen LogP contribution in [0.3, 0.4) is 0 Å². The monoisotopic (exact) mass is 745 g/mol. The number of hydrogen-bond acceptors (Lipinski definition) is 0. The van der Waals surface area contributed by atoms with Crippen LogP contribution in [0.4, 0.5) is 0 Å². The molecule has 0 aromatic rings. The van der Waals surface area contributed by atoms with E-state index in [4.69, 9.17) is 0 Å². The van der Waals surface area contributed by atoms with E-state index in [9.17, 15) is 0 Å². The molecule has 0 saturated carbocycles. The van der Waals surface area contributed by atoms with Crippen molar-refractivity contribution in [2.24, 2.45) is 92.1 Å². The van der Waals surface area contributed by atoms with Gasteiger partial charge in [0.15, 0.2) is 0 Å². The third-order valence-electron chi connectivity index (χ3n) is 25.6. The van der Waals surface area contributed by atoms with Gasteiger partial charge in [-0.05, 0) is 92.1 Å². The second-order valence-electron chi connectivity index (χ2n) is 28.9. The zero-order chi connectivity index (χ0) is 44.5. The van der Waals surface area contributed by atoms with Crippen LogP contribution in [0.5, 0.6) is 0 Å². The fourth-order valence-electron chi connectivity index (χ4n) is 12.0. The van der Waals surface area contributed by atoms with Gasteiger partial charge >= 0.3 is 0 Å². The smallest absolute Gasteiger partial charge is 0.0241 e. The highest BCUT2D eigenvalue weighted by Gasteiger charge is 2.71. The first-order valence-corrected chi connectivity index (χ1v) is 22.0. The molecule has 0 aromatic carbocycles. The second kappa shape index (κ2) is 13.0. The zero-order valence-electron chi connectivity index (χ0n) is 44.5. The van der Waals surface area contributed by atoms with E-state index in [1.54, 1.807) is 0 Å². The normalized spacial score (nSPS) is 17.4. The van der Waals surface area contributed by atoms with E-state index >= 15 is 0 Å². The Kier molecular flexibility index (Phi) is 13.0. The minimum Gasteiger partial charge on any atom is -0.0596 e. The van der Waals surface area contributed by atoms with Gasteiger partial charge in [-0.1, -0.05) is 249 Å². The lowest BCUT2D eigenvalue weighted by molar-refractivity contribution is -0.261. The lowest BCUT2D eigenvalue weighted by Gasteiger charge is -2.74. The van der Waals surface area contributed by atoms with Crippen molar-refractivity contribution in [1.29, 1.82) is 0 Å². The molecule has 0 aliphatic rings. The first kappa shape index (κ1) is 53.0. The molecule has 0 aliphatic carbocycles. The summed E-state index contributed by atoms with van der Waals surface area (Å²) in [6.45, 7) is 92.7. The topological polar surface area (TPSA) is 0 Å². The molecule has 0 N–H and O–H groups in total. The van der Waals surface area contributed by atoms with Gasteiger partial charge in [0.1, 0.15) is 0 Å². The van der Waals surface area contributed by atoms with Crippen LogP contribution in [0, 0.1) is 92.1 Å². The summed E-state index contributed by atoms with van der Waals surface area (Å²) >= 11 is 0. The second-order valence-corrected chi connectivity index (χ2v) is 28.9. The number of rotatable bonds is 14. The molecule has 0 fully saturated rings. The molecule has 0 amide bonds. The summed E-state index contributed by atoms with van der Waals surface area (Å²) in [4.78, 5) is 0. The zero-order valence-corrected chi connectivity index (χ0v) is 44.5. The quantitative estimate of drug-likeness (QED) is 0.166. The van der Waals surface area contributed by atoms with Crippen molar-refractivity contribution in [3.8, 4) is 0 Å². The van der Waals surface area contributed by atoms with E-state index in [0.29, 0.717) is 0 Å². The summed E-state index contributed by atoms with van der Waals surface area (Å²) in [5.74, 6) is 0. The molecule has 0 radical (unpaired) electrons. The average Bonchev–Trinajstić information content (AvgIpc) is 2.89. The summed E-state index contributed by atoms with van der Waals surface area (Å²) in [6, 6.07) is 0. The van der Waals surface area contributed by atoms with Crippen LogP contribution in [0.25, 0.3) is 0 Å². The van der Waals surface area contributed by atoms with E-state index in [2.05, 4.69) is 249 Å². The summed E-state index contributed by atoms with van der Waals surface area (Å²) in [7, 11) is 0. The van der Waals surface area contributed by atoms with Crippen molar-refractivity contribution >= 4 is 0 Å². The van der Waals surface area contributed by atoms with Crippen LogP contribution >= 0.6 is 0 Å². The van der Waals surface area contributed by atoms with Crippen molar-refractivity contribution in [3.05, 3.63) is 0 Å². The minimum atomic E-state index is -0.0393. The molecule has 0 heteroatoms. The van der Waals surface area contributed by atoms with Gasteiger partial charge in [0, 0.05) is 0 Å². The summed E-state index contributed by atoms with van der Waals surface area (Å²) in [5.41, 5.74) is 0.543. The highest BCUT2D eigenvalue weighted by Crippen LogP contribution is 2.78. The highest BCUT2D eigenvalue weighted by molar-refractivity contribution is 5.19. The SMILES string of the molecule is CC(C)(C)C(C)(C)C(C)(C)C(C)(C)C(C)(C)C(C)(C)C(C)(C)C(C)(C)C(C)(C)C(C)(C)C(C)(C)C(C)(C)C(C)(C)C(C)(C)C(C)(C)C(C)(C)C(C)(C)C. The van der Waals surface area contributed by atoms with Crippen LogP contribution in [0.1, 0.15) is 249 Å². The minimum absolute atomic E-state index is 0.000737. The van der Waals surface area contributed by atoms with Gasteiger partial charge in [-0.3, -0.25) is 0 Å². The third-order valence-corrected chi connectivity index (χ3v) is 25.6. The molecule has 0 rings (SSSR count). The average molecular weight is 745 g/mol. The Morgan fingerprint density at radius 3 is 0.208 bits per heavy atom. The van der Waals surface area contributed by atoms with E-state index in [1.807, 2.05) is 0 Å².